The summed E-state index contributed by atoms with van der Waals surface area (Å²) < 4.78 is 32.6. The molecule has 0 amide bonds. The summed E-state index contributed by atoms with van der Waals surface area (Å²) in [6, 6.07) is 0. The van der Waals surface area contributed by atoms with Crippen molar-refractivity contribution in [2.45, 2.75) is 19.6 Å². The van der Waals surface area contributed by atoms with Gasteiger partial charge < -0.3 is 15.0 Å². The van der Waals surface area contributed by atoms with Gasteiger partial charge in [0.05, 0.1) is 17.1 Å². The Morgan fingerprint density at radius 1 is 1.63 bits per heavy atom. The molecule has 1 aromatic rings. The molecular weight excluding hydrogens is 301 g/mol. The number of carboxylic acids is 1. The summed E-state index contributed by atoms with van der Waals surface area (Å²) in [6.45, 7) is 4.16. The number of aromatic amines is 1. The van der Waals surface area contributed by atoms with E-state index in [2.05, 4.69) is 29.1 Å². The van der Waals surface area contributed by atoms with Crippen molar-refractivity contribution in [3.05, 3.63) is 20.7 Å². The molecule has 4 nitrogen and oxygen atoms in total. The molecule has 106 valence electrons. The van der Waals surface area contributed by atoms with Gasteiger partial charge in [0.1, 0.15) is 0 Å². The van der Waals surface area contributed by atoms with Gasteiger partial charge in [0.25, 0.3) is 0 Å². The molecule has 0 unspecified atom stereocenters. The zero-order chi connectivity index (χ0) is 14.6. The highest BCUT2D eigenvalue weighted by Crippen LogP contribution is 2.22. The van der Waals surface area contributed by atoms with Crippen LogP contribution in [-0.2, 0) is 11.3 Å². The minimum Gasteiger partial charge on any atom is -0.475 e. The Morgan fingerprint density at radius 3 is 2.68 bits per heavy atom. The number of carboxylic acid groups (broad SMARTS) is 1. The number of aromatic nitrogens is 1. The highest BCUT2D eigenvalue weighted by Gasteiger charge is 2.38. The lowest BCUT2D eigenvalue weighted by Crippen LogP contribution is -2.21. The molecule has 0 saturated carbocycles. The lowest BCUT2D eigenvalue weighted by atomic mass is 10.2. The molecule has 0 aromatic carbocycles. The van der Waals surface area contributed by atoms with E-state index in [0.29, 0.717) is 0 Å². The highest BCUT2D eigenvalue weighted by atomic mass is 32.1. The average molecular weight is 312 g/mol. The predicted molar refractivity (Wildman–Crippen MR) is 68.3 cm³/mol. The number of nitrogens with zero attached hydrogens (tertiary/aromatic N) is 1. The summed E-state index contributed by atoms with van der Waals surface area (Å²) in [5.74, 6) is -2.76. The number of H-pyrrole nitrogens is 1. The molecule has 0 aliphatic carbocycles. The van der Waals surface area contributed by atoms with E-state index in [0.717, 1.165) is 17.0 Å². The Hall–Kier alpha value is -1.35. The second-order valence-corrected chi connectivity index (χ2v) is 5.26. The first kappa shape index (κ1) is 15.7. The van der Waals surface area contributed by atoms with Gasteiger partial charge in [0.15, 0.2) is 3.95 Å². The van der Waals surface area contributed by atoms with Crippen molar-refractivity contribution in [1.29, 1.82) is 0 Å². The van der Waals surface area contributed by atoms with Gasteiger partial charge in [-0.1, -0.05) is 0 Å². The van der Waals surface area contributed by atoms with Crippen LogP contribution in [0.5, 0.6) is 0 Å². The third kappa shape index (κ3) is 4.67. The number of hydrogen-bond donors (Lipinski definition) is 2. The molecular formula is C10H11F3N2O2S2. The van der Waals surface area contributed by atoms with Crippen molar-refractivity contribution in [2.75, 3.05) is 6.54 Å². The number of halogens is 3. The smallest absolute Gasteiger partial charge is 0.475 e. The Balaban J connectivity index is 0.000000224. The molecule has 2 rings (SSSR count). The van der Waals surface area contributed by atoms with Gasteiger partial charge in [0, 0.05) is 12.7 Å². The van der Waals surface area contributed by atoms with E-state index in [1.165, 1.54) is 10.6 Å². The van der Waals surface area contributed by atoms with Crippen LogP contribution in [0.4, 0.5) is 13.2 Å². The summed E-state index contributed by atoms with van der Waals surface area (Å²) in [5, 5.41) is 7.12. The van der Waals surface area contributed by atoms with Crippen LogP contribution >= 0.6 is 23.6 Å². The summed E-state index contributed by atoms with van der Waals surface area (Å²) in [6.07, 6.45) is -0.833. The molecule has 19 heavy (non-hydrogen) atoms. The van der Waals surface area contributed by atoms with Crippen molar-refractivity contribution in [1.82, 2.24) is 9.88 Å². The quantitative estimate of drug-likeness (QED) is 0.782. The molecule has 1 aliphatic heterocycles. The number of rotatable bonds is 1. The van der Waals surface area contributed by atoms with Crippen molar-refractivity contribution in [2.24, 2.45) is 0 Å². The molecule has 0 bridgehead atoms. The lowest BCUT2D eigenvalue weighted by molar-refractivity contribution is -0.192. The van der Waals surface area contributed by atoms with Gasteiger partial charge in [-0.25, -0.2) is 4.79 Å². The van der Waals surface area contributed by atoms with Gasteiger partial charge >= 0.3 is 12.1 Å². The SMILES string of the molecule is CCN1C=Cc2sc(=S)[nH]c2C1.O=C(O)C(F)(F)F. The minimum absolute atomic E-state index is 0.877. The summed E-state index contributed by atoms with van der Waals surface area (Å²) in [7, 11) is 0. The van der Waals surface area contributed by atoms with E-state index >= 15 is 0 Å². The normalized spacial score (nSPS) is 13.6. The number of nitrogens with one attached hydrogen (secondary N) is 1. The zero-order valence-corrected chi connectivity index (χ0v) is 11.5. The van der Waals surface area contributed by atoms with E-state index in [4.69, 9.17) is 22.1 Å². The van der Waals surface area contributed by atoms with Crippen molar-refractivity contribution < 1.29 is 23.1 Å². The standard InChI is InChI=1S/C8H10N2S2.C2HF3O2/c1-2-10-4-3-7-6(5-10)9-8(11)12-7;3-2(4,5)1(6)7/h3-4H,2,5H2,1H3,(H,9,11);(H,6,7). The average Bonchev–Trinajstić information content (AvgIpc) is 2.67. The number of aliphatic carboxylic acids is 1. The molecule has 2 N–H and O–H groups in total. The fraction of sp³-hybridized carbons (Fsp3) is 0.400. The summed E-state index contributed by atoms with van der Waals surface area (Å²) >= 11 is 6.71. The van der Waals surface area contributed by atoms with Gasteiger partial charge in [-0.2, -0.15) is 13.2 Å². The summed E-state index contributed by atoms with van der Waals surface area (Å²) in [5.41, 5.74) is 1.26. The zero-order valence-electron chi connectivity index (χ0n) is 9.82. The third-order valence-corrected chi connectivity index (χ3v) is 3.44. The molecule has 9 heteroatoms. The first-order valence-corrected chi connectivity index (χ1v) is 6.41. The van der Waals surface area contributed by atoms with Gasteiger partial charge in [-0.3, -0.25) is 0 Å². The number of alkyl halides is 3. The Kier molecular flexibility index (Phi) is 5.12. The van der Waals surface area contributed by atoms with Crippen molar-refractivity contribution >= 4 is 35.6 Å². The van der Waals surface area contributed by atoms with Crippen LogP contribution in [0.2, 0.25) is 0 Å². The lowest BCUT2D eigenvalue weighted by Gasteiger charge is -2.20. The van der Waals surface area contributed by atoms with Crippen LogP contribution in [0, 0.1) is 3.95 Å². The van der Waals surface area contributed by atoms with Crippen LogP contribution in [0.1, 0.15) is 17.5 Å². The van der Waals surface area contributed by atoms with Gasteiger partial charge in [-0.05, 0) is 25.2 Å². The maximum absolute atomic E-state index is 10.6. The second kappa shape index (κ2) is 6.20. The molecule has 0 radical (unpaired) electrons. The van der Waals surface area contributed by atoms with E-state index in [-0.39, 0.29) is 0 Å². The monoisotopic (exact) mass is 312 g/mol. The Labute approximate surface area is 116 Å². The predicted octanol–water partition coefficient (Wildman–Crippen LogP) is 3.25. The summed E-state index contributed by atoms with van der Waals surface area (Å²) in [4.78, 5) is 15.6. The highest BCUT2D eigenvalue weighted by molar-refractivity contribution is 7.73. The number of hydrogen-bond acceptors (Lipinski definition) is 4. The maximum Gasteiger partial charge on any atom is 0.490 e. The fourth-order valence-corrected chi connectivity index (χ4v) is 2.40. The van der Waals surface area contributed by atoms with Crippen LogP contribution in [0.3, 0.4) is 0 Å². The Morgan fingerprint density at radius 2 is 2.21 bits per heavy atom. The molecule has 2 heterocycles. The maximum atomic E-state index is 10.6. The molecule has 1 aromatic heterocycles. The Bertz CT molecular complexity index is 534. The van der Waals surface area contributed by atoms with Crippen molar-refractivity contribution in [3.63, 3.8) is 0 Å². The van der Waals surface area contributed by atoms with E-state index in [1.807, 2.05) is 0 Å². The van der Waals surface area contributed by atoms with Crippen LogP contribution < -0.4 is 0 Å². The first-order valence-electron chi connectivity index (χ1n) is 5.18. The molecule has 1 aliphatic rings. The molecule has 0 spiro atoms. The van der Waals surface area contributed by atoms with E-state index < -0.39 is 12.1 Å². The van der Waals surface area contributed by atoms with Crippen LogP contribution in [0.15, 0.2) is 6.20 Å². The van der Waals surface area contributed by atoms with Crippen molar-refractivity contribution in [3.8, 4) is 0 Å². The number of thiazole rings is 1. The molecule has 0 atom stereocenters. The second-order valence-electron chi connectivity index (χ2n) is 3.54. The largest absolute Gasteiger partial charge is 0.490 e. The van der Waals surface area contributed by atoms with Crippen LogP contribution in [0.25, 0.3) is 6.08 Å². The van der Waals surface area contributed by atoms with Gasteiger partial charge in [-0.15, -0.1) is 11.3 Å². The van der Waals surface area contributed by atoms with Crippen LogP contribution in [-0.4, -0.2) is 33.7 Å². The van der Waals surface area contributed by atoms with Gasteiger partial charge in [0.2, 0.25) is 0 Å². The van der Waals surface area contributed by atoms with E-state index in [1.54, 1.807) is 11.3 Å². The molecule has 0 fully saturated rings. The fourth-order valence-electron chi connectivity index (χ4n) is 1.27. The third-order valence-electron chi connectivity index (χ3n) is 2.20. The number of fused-ring (bicyclic) bond motifs is 1. The topological polar surface area (TPSA) is 56.3 Å². The molecule has 0 saturated heterocycles. The number of carbonyl (C=O) groups is 1. The minimum atomic E-state index is -5.08. The van der Waals surface area contributed by atoms with E-state index in [9.17, 15) is 13.2 Å². The first-order chi connectivity index (χ1) is 8.74.